The zero-order valence-corrected chi connectivity index (χ0v) is 14.4. The van der Waals surface area contributed by atoms with E-state index in [0.717, 1.165) is 4.47 Å². The van der Waals surface area contributed by atoms with Crippen molar-refractivity contribution >= 4 is 33.5 Å². The monoisotopic (exact) mass is 395 g/mol. The Labute approximate surface area is 146 Å². The van der Waals surface area contributed by atoms with Crippen molar-refractivity contribution in [1.29, 1.82) is 0 Å². The average Bonchev–Trinajstić information content (AvgIpc) is 2.57. The van der Waals surface area contributed by atoms with Crippen molar-refractivity contribution in [2.24, 2.45) is 0 Å². The van der Waals surface area contributed by atoms with Crippen LogP contribution in [0.15, 0.2) is 53.0 Å². The highest BCUT2D eigenvalue weighted by molar-refractivity contribution is 9.10. The number of benzene rings is 2. The summed E-state index contributed by atoms with van der Waals surface area (Å²) < 4.78 is 23.8. The van der Waals surface area contributed by atoms with Crippen molar-refractivity contribution in [2.75, 3.05) is 11.9 Å². The summed E-state index contributed by atoms with van der Waals surface area (Å²) in [5, 5.41) is 2.61. The predicted molar refractivity (Wildman–Crippen MR) is 90.2 cm³/mol. The van der Waals surface area contributed by atoms with Gasteiger partial charge < -0.3 is 14.8 Å². The Balaban J connectivity index is 1.80. The molecule has 0 bridgehead atoms. The second-order valence-corrected chi connectivity index (χ2v) is 5.70. The van der Waals surface area contributed by atoms with E-state index >= 15 is 0 Å². The summed E-state index contributed by atoms with van der Waals surface area (Å²) in [4.78, 5) is 23.6. The van der Waals surface area contributed by atoms with E-state index in [9.17, 15) is 14.0 Å². The van der Waals surface area contributed by atoms with E-state index in [0.29, 0.717) is 11.4 Å². The lowest BCUT2D eigenvalue weighted by molar-refractivity contribution is -0.153. The molecule has 0 aliphatic carbocycles. The fourth-order valence-corrected chi connectivity index (χ4v) is 2.15. The van der Waals surface area contributed by atoms with Crippen molar-refractivity contribution in [2.45, 2.75) is 13.0 Å². The van der Waals surface area contributed by atoms with Gasteiger partial charge in [0, 0.05) is 4.47 Å². The van der Waals surface area contributed by atoms with E-state index < -0.39 is 30.4 Å². The van der Waals surface area contributed by atoms with E-state index in [1.807, 2.05) is 6.07 Å². The van der Waals surface area contributed by atoms with Gasteiger partial charge in [-0.1, -0.05) is 12.1 Å². The maximum atomic E-state index is 12.8. The summed E-state index contributed by atoms with van der Waals surface area (Å²) >= 11 is 3.30. The van der Waals surface area contributed by atoms with E-state index in [1.165, 1.54) is 31.2 Å². The molecule has 1 N–H and O–H groups in total. The number of amides is 1. The summed E-state index contributed by atoms with van der Waals surface area (Å²) in [7, 11) is 0. The third kappa shape index (κ3) is 5.34. The van der Waals surface area contributed by atoms with Crippen LogP contribution in [-0.4, -0.2) is 24.6 Å². The minimum atomic E-state index is -0.924. The molecule has 0 aromatic heterocycles. The molecule has 0 saturated carbocycles. The number of hydrogen-bond donors (Lipinski definition) is 1. The van der Waals surface area contributed by atoms with E-state index in [1.54, 1.807) is 18.2 Å². The molecule has 7 heteroatoms. The first-order valence-electron chi connectivity index (χ1n) is 7.09. The fraction of sp³-hybridized carbons (Fsp3) is 0.176. The number of esters is 1. The number of anilines is 1. The first kappa shape index (κ1) is 17.9. The minimum Gasteiger partial charge on any atom is -0.479 e. The zero-order chi connectivity index (χ0) is 17.5. The Hall–Kier alpha value is -2.41. The van der Waals surface area contributed by atoms with Gasteiger partial charge in [-0.05, 0) is 59.3 Å². The second kappa shape index (κ2) is 8.44. The number of hydrogen-bond acceptors (Lipinski definition) is 4. The normalized spacial score (nSPS) is 11.5. The molecule has 0 saturated heterocycles. The van der Waals surface area contributed by atoms with Gasteiger partial charge in [-0.15, -0.1) is 0 Å². The maximum absolute atomic E-state index is 12.8. The molecule has 5 nitrogen and oxygen atoms in total. The number of ether oxygens (including phenoxy) is 2. The molecule has 0 heterocycles. The van der Waals surface area contributed by atoms with Gasteiger partial charge in [0.1, 0.15) is 11.6 Å². The predicted octanol–water partition coefficient (Wildman–Crippen LogP) is 3.54. The number of nitrogens with one attached hydrogen (secondary N) is 1. The highest BCUT2D eigenvalue weighted by Gasteiger charge is 2.18. The van der Waals surface area contributed by atoms with Gasteiger partial charge >= 0.3 is 5.97 Å². The van der Waals surface area contributed by atoms with Crippen LogP contribution in [0.1, 0.15) is 6.92 Å². The molecule has 0 aliphatic heterocycles. The first-order chi connectivity index (χ1) is 11.5. The smallest absolute Gasteiger partial charge is 0.347 e. The topological polar surface area (TPSA) is 64.6 Å². The van der Waals surface area contributed by atoms with Crippen molar-refractivity contribution in [1.82, 2.24) is 0 Å². The van der Waals surface area contributed by atoms with E-state index in [4.69, 9.17) is 9.47 Å². The quantitative estimate of drug-likeness (QED) is 0.759. The standard InChI is InChI=1S/C17H15BrFNO4/c1-11(24-13-8-6-12(19)7-9-13)17(22)23-10-16(21)20-15-5-3-2-4-14(15)18/h2-9,11H,10H2,1H3,(H,20,21)/t11-/m0/s1. The molecule has 126 valence electrons. The van der Waals surface area contributed by atoms with E-state index in [2.05, 4.69) is 21.2 Å². The number of carbonyl (C=O) groups is 2. The van der Waals surface area contributed by atoms with Crippen LogP contribution >= 0.6 is 15.9 Å². The zero-order valence-electron chi connectivity index (χ0n) is 12.8. The van der Waals surface area contributed by atoms with Crippen molar-refractivity contribution in [3.63, 3.8) is 0 Å². The lowest BCUT2D eigenvalue weighted by Gasteiger charge is -2.14. The number of rotatable bonds is 6. The third-order valence-corrected chi connectivity index (χ3v) is 3.64. The van der Waals surface area contributed by atoms with Crippen molar-refractivity contribution in [3.8, 4) is 5.75 Å². The van der Waals surface area contributed by atoms with E-state index in [-0.39, 0.29) is 0 Å². The number of halogens is 2. The van der Waals surface area contributed by atoms with Gasteiger partial charge in [0.2, 0.25) is 0 Å². The number of carbonyl (C=O) groups excluding carboxylic acids is 2. The summed E-state index contributed by atoms with van der Waals surface area (Å²) in [6, 6.07) is 12.3. The Morgan fingerprint density at radius 2 is 1.83 bits per heavy atom. The first-order valence-corrected chi connectivity index (χ1v) is 7.88. The SMILES string of the molecule is C[C@H](Oc1ccc(F)cc1)C(=O)OCC(=O)Nc1ccccc1Br. The Bertz CT molecular complexity index is 721. The van der Waals surface area contributed by atoms with Crippen LogP contribution in [0.5, 0.6) is 5.75 Å². The molecule has 0 fully saturated rings. The molecule has 0 spiro atoms. The van der Waals surface area contributed by atoms with Crippen LogP contribution in [0.4, 0.5) is 10.1 Å². The molecule has 1 atom stereocenters. The minimum absolute atomic E-state index is 0.332. The van der Waals surface area contributed by atoms with Gasteiger partial charge in [-0.2, -0.15) is 0 Å². The third-order valence-electron chi connectivity index (χ3n) is 2.95. The van der Waals surface area contributed by atoms with Gasteiger partial charge in [0.05, 0.1) is 5.69 Å². The Morgan fingerprint density at radius 3 is 2.50 bits per heavy atom. The van der Waals surface area contributed by atoms with Crippen LogP contribution < -0.4 is 10.1 Å². The van der Waals surface area contributed by atoms with Gasteiger partial charge in [-0.25, -0.2) is 9.18 Å². The molecule has 2 aromatic carbocycles. The van der Waals surface area contributed by atoms with Crippen LogP contribution in [0.2, 0.25) is 0 Å². The van der Waals surface area contributed by atoms with Gasteiger partial charge in [-0.3, -0.25) is 4.79 Å². The lowest BCUT2D eigenvalue weighted by Crippen LogP contribution is -2.29. The Kier molecular flexibility index (Phi) is 6.31. The Morgan fingerprint density at radius 1 is 1.17 bits per heavy atom. The lowest BCUT2D eigenvalue weighted by atomic mass is 10.3. The summed E-state index contributed by atoms with van der Waals surface area (Å²) in [6.45, 7) is 1.05. The summed E-state index contributed by atoms with van der Waals surface area (Å²) in [5.74, 6) is -1.23. The van der Waals surface area contributed by atoms with Gasteiger partial charge in [0.15, 0.2) is 12.7 Å². The molecule has 0 unspecified atom stereocenters. The van der Waals surface area contributed by atoms with Crippen molar-refractivity contribution in [3.05, 3.63) is 58.8 Å². The molecule has 24 heavy (non-hydrogen) atoms. The largest absolute Gasteiger partial charge is 0.479 e. The highest BCUT2D eigenvalue weighted by Crippen LogP contribution is 2.21. The molecular weight excluding hydrogens is 381 g/mol. The maximum Gasteiger partial charge on any atom is 0.347 e. The second-order valence-electron chi connectivity index (χ2n) is 4.85. The van der Waals surface area contributed by atoms with Crippen LogP contribution in [-0.2, 0) is 14.3 Å². The fourth-order valence-electron chi connectivity index (χ4n) is 1.77. The molecule has 2 aromatic rings. The van der Waals surface area contributed by atoms with Gasteiger partial charge in [0.25, 0.3) is 5.91 Å². The van der Waals surface area contributed by atoms with Crippen LogP contribution in [0.25, 0.3) is 0 Å². The molecule has 2 rings (SSSR count). The molecule has 1 amide bonds. The van der Waals surface area contributed by atoms with Crippen molar-refractivity contribution < 1.29 is 23.5 Å². The summed E-state index contributed by atoms with van der Waals surface area (Å²) in [5.41, 5.74) is 0.578. The molecule has 0 radical (unpaired) electrons. The average molecular weight is 396 g/mol. The summed E-state index contributed by atoms with van der Waals surface area (Å²) in [6.07, 6.45) is -0.924. The van der Waals surface area contributed by atoms with Crippen LogP contribution in [0, 0.1) is 5.82 Å². The number of para-hydroxylation sites is 1. The molecular formula is C17H15BrFNO4. The highest BCUT2D eigenvalue weighted by atomic mass is 79.9. The van der Waals surface area contributed by atoms with Crippen LogP contribution in [0.3, 0.4) is 0 Å². The molecule has 0 aliphatic rings.